The van der Waals surface area contributed by atoms with Gasteiger partial charge in [0.05, 0.1) is 11.4 Å². The summed E-state index contributed by atoms with van der Waals surface area (Å²) in [6, 6.07) is 15.6. The number of nitrogens with one attached hydrogen (secondary N) is 1. The fourth-order valence-corrected chi connectivity index (χ4v) is 3.58. The zero-order valence-corrected chi connectivity index (χ0v) is 16.3. The van der Waals surface area contributed by atoms with E-state index in [4.69, 9.17) is 4.42 Å². The van der Waals surface area contributed by atoms with E-state index in [1.165, 1.54) is 11.8 Å². The lowest BCUT2D eigenvalue weighted by Crippen LogP contribution is -2.17. The summed E-state index contributed by atoms with van der Waals surface area (Å²) in [5.74, 6) is 0.0444. The quantitative estimate of drug-likeness (QED) is 0.481. The summed E-state index contributed by atoms with van der Waals surface area (Å²) in [6.45, 7) is 4.04. The van der Waals surface area contributed by atoms with Crippen LogP contribution in [-0.4, -0.2) is 15.8 Å². The number of halogens is 1. The molecule has 2 aromatic carbocycles. The monoisotopic (exact) mass is 419 g/mol. The average Bonchev–Trinajstić information content (AvgIpc) is 2.87. The second-order valence-corrected chi connectivity index (χ2v) is 7.55. The first kappa shape index (κ1) is 17.8. The van der Waals surface area contributed by atoms with Gasteiger partial charge < -0.3 is 9.73 Å². The summed E-state index contributed by atoms with van der Waals surface area (Å²) in [5.41, 5.74) is 2.30. The molecule has 0 spiro atoms. The topological polar surface area (TPSA) is 59.5 Å². The highest BCUT2D eigenvalue weighted by atomic mass is 79.9. The van der Waals surface area contributed by atoms with E-state index < -0.39 is 0 Å². The van der Waals surface area contributed by atoms with Crippen molar-refractivity contribution >= 4 is 49.6 Å². The molecule has 3 aromatic rings. The first-order chi connectivity index (χ1) is 12.0. The van der Waals surface area contributed by atoms with Crippen molar-refractivity contribution in [2.45, 2.75) is 25.8 Å². The first-order valence-corrected chi connectivity index (χ1v) is 9.62. The lowest BCUT2D eigenvalue weighted by molar-refractivity contribution is 0.526. The van der Waals surface area contributed by atoms with Gasteiger partial charge in [-0.2, -0.15) is 0 Å². The van der Waals surface area contributed by atoms with Crippen LogP contribution in [0.15, 0.2) is 67.2 Å². The Kier molecular flexibility index (Phi) is 5.65. The largest absolute Gasteiger partial charge is 0.420 e. The summed E-state index contributed by atoms with van der Waals surface area (Å²) in [5, 5.41) is 4.07. The van der Waals surface area contributed by atoms with E-state index in [1.807, 2.05) is 56.3 Å². The van der Waals surface area contributed by atoms with Gasteiger partial charge in [0.2, 0.25) is 0 Å². The lowest BCUT2D eigenvalue weighted by Gasteiger charge is -2.11. The van der Waals surface area contributed by atoms with E-state index >= 15 is 0 Å². The van der Waals surface area contributed by atoms with Crippen molar-refractivity contribution < 1.29 is 4.42 Å². The number of hydrogen-bond donors (Lipinski definition) is 1. The van der Waals surface area contributed by atoms with Crippen molar-refractivity contribution in [2.75, 3.05) is 5.32 Å². The van der Waals surface area contributed by atoms with Gasteiger partial charge in [0, 0.05) is 16.2 Å². The molecule has 0 saturated carbocycles. The molecule has 0 atom stereocenters. The van der Waals surface area contributed by atoms with Gasteiger partial charge in [-0.25, -0.2) is 4.79 Å². The standard InChI is InChI=1S/C18H18BrN3O2S/c1-12(2)20-17(21-14-6-4-3-5-7-14)25-11-22-15-9-8-13(19)10-16(15)24-18(22)23/h3-10,12H,11H2,1-2H3,(H,20,21). The van der Waals surface area contributed by atoms with E-state index in [1.54, 1.807) is 10.6 Å². The van der Waals surface area contributed by atoms with Gasteiger partial charge in [0.25, 0.3) is 0 Å². The lowest BCUT2D eigenvalue weighted by atomic mass is 10.3. The third kappa shape index (κ3) is 4.55. The van der Waals surface area contributed by atoms with Gasteiger partial charge in [-0.05, 0) is 44.2 Å². The zero-order valence-electron chi connectivity index (χ0n) is 13.9. The number of rotatable bonds is 4. The van der Waals surface area contributed by atoms with Crippen molar-refractivity contribution in [1.82, 2.24) is 4.57 Å². The Labute approximate surface area is 158 Å². The van der Waals surface area contributed by atoms with E-state index in [0.717, 1.165) is 20.8 Å². The summed E-state index contributed by atoms with van der Waals surface area (Å²) in [7, 11) is 0. The molecule has 1 aromatic heterocycles. The van der Waals surface area contributed by atoms with Crippen LogP contribution in [-0.2, 0) is 5.88 Å². The summed E-state index contributed by atoms with van der Waals surface area (Å²) in [6.07, 6.45) is 0. The Bertz CT molecular complexity index is 948. The molecule has 25 heavy (non-hydrogen) atoms. The number of fused-ring (bicyclic) bond motifs is 1. The third-order valence-electron chi connectivity index (χ3n) is 3.36. The van der Waals surface area contributed by atoms with Crippen LogP contribution in [0.2, 0.25) is 0 Å². The minimum atomic E-state index is -0.371. The number of amidine groups is 1. The van der Waals surface area contributed by atoms with Crippen LogP contribution in [0.25, 0.3) is 11.1 Å². The number of anilines is 1. The molecule has 7 heteroatoms. The fraction of sp³-hybridized carbons (Fsp3) is 0.222. The molecule has 0 unspecified atom stereocenters. The van der Waals surface area contributed by atoms with Crippen molar-refractivity contribution in [2.24, 2.45) is 4.99 Å². The van der Waals surface area contributed by atoms with Gasteiger partial charge in [-0.3, -0.25) is 9.56 Å². The Morgan fingerprint density at radius 1 is 1.28 bits per heavy atom. The van der Waals surface area contributed by atoms with Crippen LogP contribution in [0.5, 0.6) is 0 Å². The molecule has 130 valence electrons. The molecule has 1 heterocycles. The molecule has 0 fully saturated rings. The molecule has 0 amide bonds. The minimum absolute atomic E-state index is 0.146. The number of benzene rings is 2. The molecular weight excluding hydrogens is 402 g/mol. The Morgan fingerprint density at radius 2 is 2.04 bits per heavy atom. The predicted octanol–water partition coefficient (Wildman–Crippen LogP) is 4.92. The van der Waals surface area contributed by atoms with Crippen LogP contribution < -0.4 is 11.1 Å². The number of oxazole rings is 1. The summed E-state index contributed by atoms with van der Waals surface area (Å²) < 4.78 is 7.80. The van der Waals surface area contributed by atoms with E-state index in [9.17, 15) is 4.79 Å². The maximum atomic E-state index is 12.2. The highest BCUT2D eigenvalue weighted by Crippen LogP contribution is 2.21. The molecule has 3 rings (SSSR count). The molecule has 0 radical (unpaired) electrons. The molecule has 0 aliphatic carbocycles. The van der Waals surface area contributed by atoms with Crippen LogP contribution in [0.4, 0.5) is 5.69 Å². The molecule has 0 aliphatic heterocycles. The Balaban J connectivity index is 1.82. The minimum Gasteiger partial charge on any atom is -0.408 e. The predicted molar refractivity (Wildman–Crippen MR) is 108 cm³/mol. The highest BCUT2D eigenvalue weighted by Gasteiger charge is 2.11. The van der Waals surface area contributed by atoms with E-state index in [0.29, 0.717) is 11.5 Å². The second kappa shape index (κ2) is 7.93. The molecular formula is C18H18BrN3O2S. The van der Waals surface area contributed by atoms with Crippen molar-refractivity contribution in [3.63, 3.8) is 0 Å². The number of thioether (sulfide) groups is 1. The summed E-state index contributed by atoms with van der Waals surface area (Å²) >= 11 is 4.85. The van der Waals surface area contributed by atoms with Gasteiger partial charge in [-0.1, -0.05) is 45.9 Å². The SMILES string of the molecule is CC(C)N=C(Nc1ccccc1)SCn1c(=O)oc2cc(Br)ccc21. The number of nitrogens with zero attached hydrogens (tertiary/aromatic N) is 2. The highest BCUT2D eigenvalue weighted by molar-refractivity contribution is 9.10. The number of aromatic nitrogens is 1. The van der Waals surface area contributed by atoms with Gasteiger partial charge in [0.15, 0.2) is 10.8 Å². The van der Waals surface area contributed by atoms with Crippen LogP contribution in [0.3, 0.4) is 0 Å². The Hall–Kier alpha value is -1.99. The molecule has 5 nitrogen and oxygen atoms in total. The zero-order chi connectivity index (χ0) is 17.8. The Morgan fingerprint density at radius 3 is 2.76 bits per heavy atom. The summed E-state index contributed by atoms with van der Waals surface area (Å²) in [4.78, 5) is 16.8. The molecule has 0 aliphatic rings. The van der Waals surface area contributed by atoms with Crippen LogP contribution in [0.1, 0.15) is 13.8 Å². The number of aliphatic imine (C=N–C) groups is 1. The second-order valence-electron chi connectivity index (χ2n) is 5.70. The van der Waals surface area contributed by atoms with Crippen LogP contribution in [0, 0.1) is 0 Å². The van der Waals surface area contributed by atoms with Crippen LogP contribution >= 0.6 is 27.7 Å². The molecule has 0 bridgehead atoms. The molecule has 1 N–H and O–H groups in total. The van der Waals surface area contributed by atoms with Gasteiger partial charge >= 0.3 is 5.76 Å². The third-order valence-corrected chi connectivity index (χ3v) is 4.72. The van der Waals surface area contributed by atoms with Crippen molar-refractivity contribution in [1.29, 1.82) is 0 Å². The van der Waals surface area contributed by atoms with E-state index in [-0.39, 0.29) is 11.8 Å². The normalized spacial score (nSPS) is 12.1. The van der Waals surface area contributed by atoms with Crippen molar-refractivity contribution in [3.05, 3.63) is 63.6 Å². The number of hydrogen-bond acceptors (Lipinski definition) is 4. The fourth-order valence-electron chi connectivity index (χ4n) is 2.27. The van der Waals surface area contributed by atoms with Gasteiger partial charge in [-0.15, -0.1) is 0 Å². The maximum absolute atomic E-state index is 12.2. The first-order valence-electron chi connectivity index (χ1n) is 7.84. The van der Waals surface area contributed by atoms with Crippen molar-refractivity contribution in [3.8, 4) is 0 Å². The maximum Gasteiger partial charge on any atom is 0.420 e. The van der Waals surface area contributed by atoms with Gasteiger partial charge in [0.1, 0.15) is 0 Å². The average molecular weight is 420 g/mol. The molecule has 0 saturated heterocycles. The number of para-hydroxylation sites is 1. The van der Waals surface area contributed by atoms with E-state index in [2.05, 4.69) is 26.2 Å². The smallest absolute Gasteiger partial charge is 0.408 e.